The van der Waals surface area contributed by atoms with E-state index in [2.05, 4.69) is 37.2 Å². The van der Waals surface area contributed by atoms with Crippen molar-refractivity contribution in [2.24, 2.45) is 11.8 Å². The Balaban J connectivity index is 1.87. The number of hydrogen-bond donors (Lipinski definition) is 1. The molecule has 1 aromatic rings. The summed E-state index contributed by atoms with van der Waals surface area (Å²) in [5.41, 5.74) is 1.25. The highest BCUT2D eigenvalue weighted by Crippen LogP contribution is 2.38. The van der Waals surface area contributed by atoms with E-state index in [0.29, 0.717) is 0 Å². The van der Waals surface area contributed by atoms with Crippen LogP contribution in [0.3, 0.4) is 0 Å². The largest absolute Gasteiger partial charge is 0.463 e. The summed E-state index contributed by atoms with van der Waals surface area (Å²) in [6, 6.07) is 2.17. The molecule has 3 nitrogen and oxygen atoms in total. The maximum absolute atomic E-state index is 5.85. The minimum atomic E-state index is 0.815. The summed E-state index contributed by atoms with van der Waals surface area (Å²) in [5.74, 6) is 3.99. The van der Waals surface area contributed by atoms with E-state index in [9.17, 15) is 0 Å². The SMILES string of the molecule is CNCc1oc(CN(C)CC2CC2C)cc1C. The maximum atomic E-state index is 5.85. The topological polar surface area (TPSA) is 28.4 Å². The fourth-order valence-corrected chi connectivity index (χ4v) is 2.39. The minimum absolute atomic E-state index is 0.815. The number of nitrogens with zero attached hydrogens (tertiary/aromatic N) is 1. The molecule has 0 spiro atoms. The molecule has 1 N–H and O–H groups in total. The van der Waals surface area contributed by atoms with Crippen molar-refractivity contribution in [3.8, 4) is 0 Å². The molecule has 0 aliphatic heterocycles. The lowest BCUT2D eigenvalue weighted by atomic mass is 10.2. The monoisotopic (exact) mass is 236 g/mol. The van der Waals surface area contributed by atoms with E-state index in [-0.39, 0.29) is 0 Å². The predicted octanol–water partition coefficient (Wildman–Crippen LogP) is 2.40. The number of aryl methyl sites for hydroxylation is 1. The first kappa shape index (κ1) is 12.7. The van der Waals surface area contributed by atoms with E-state index < -0.39 is 0 Å². The van der Waals surface area contributed by atoms with Crippen LogP contribution in [0.4, 0.5) is 0 Å². The lowest BCUT2D eigenvalue weighted by Gasteiger charge is -2.14. The fraction of sp³-hybridized carbons (Fsp3) is 0.714. The van der Waals surface area contributed by atoms with Gasteiger partial charge in [0.25, 0.3) is 0 Å². The third kappa shape index (κ3) is 3.33. The summed E-state index contributed by atoms with van der Waals surface area (Å²) in [5, 5.41) is 3.13. The molecule has 0 saturated heterocycles. The first-order valence-electron chi connectivity index (χ1n) is 6.51. The Morgan fingerprint density at radius 2 is 2.24 bits per heavy atom. The second kappa shape index (κ2) is 5.23. The van der Waals surface area contributed by atoms with Gasteiger partial charge in [-0.05, 0) is 50.9 Å². The fourth-order valence-electron chi connectivity index (χ4n) is 2.39. The number of furan rings is 1. The van der Waals surface area contributed by atoms with Gasteiger partial charge in [-0.25, -0.2) is 0 Å². The first-order valence-corrected chi connectivity index (χ1v) is 6.51. The molecule has 1 aliphatic rings. The Labute approximate surface area is 104 Å². The molecule has 2 atom stereocenters. The van der Waals surface area contributed by atoms with E-state index in [1.54, 1.807) is 0 Å². The standard InChI is InChI=1S/C14H24N2O/c1-10-5-12(10)8-16(4)9-13-6-11(2)14(17-13)7-15-3/h6,10,12,15H,5,7-9H2,1-4H3. The van der Waals surface area contributed by atoms with Crippen LogP contribution in [0.1, 0.15) is 30.4 Å². The van der Waals surface area contributed by atoms with Gasteiger partial charge in [-0.15, -0.1) is 0 Å². The van der Waals surface area contributed by atoms with Crippen molar-refractivity contribution >= 4 is 0 Å². The Kier molecular flexibility index (Phi) is 3.89. The maximum Gasteiger partial charge on any atom is 0.120 e. The highest BCUT2D eigenvalue weighted by atomic mass is 16.3. The molecule has 0 amide bonds. The van der Waals surface area contributed by atoms with Gasteiger partial charge in [0.2, 0.25) is 0 Å². The Hall–Kier alpha value is -0.800. The van der Waals surface area contributed by atoms with E-state index in [4.69, 9.17) is 4.42 Å². The number of rotatable bonds is 6. The molecule has 1 aromatic heterocycles. The van der Waals surface area contributed by atoms with E-state index in [1.807, 2.05) is 7.05 Å². The summed E-state index contributed by atoms with van der Waals surface area (Å²) >= 11 is 0. The van der Waals surface area contributed by atoms with Crippen LogP contribution in [-0.2, 0) is 13.1 Å². The summed E-state index contributed by atoms with van der Waals surface area (Å²) in [7, 11) is 4.13. The average molecular weight is 236 g/mol. The predicted molar refractivity (Wildman–Crippen MR) is 69.8 cm³/mol. The molecular weight excluding hydrogens is 212 g/mol. The second-order valence-corrected chi connectivity index (χ2v) is 5.52. The van der Waals surface area contributed by atoms with Crippen LogP contribution < -0.4 is 5.32 Å². The van der Waals surface area contributed by atoms with Crippen LogP contribution in [0.2, 0.25) is 0 Å². The van der Waals surface area contributed by atoms with E-state index >= 15 is 0 Å². The van der Waals surface area contributed by atoms with Crippen LogP contribution >= 0.6 is 0 Å². The average Bonchev–Trinajstić information content (AvgIpc) is 2.81. The third-order valence-corrected chi connectivity index (χ3v) is 3.66. The van der Waals surface area contributed by atoms with Crippen LogP contribution in [0.25, 0.3) is 0 Å². The quantitative estimate of drug-likeness (QED) is 0.822. The molecule has 1 aliphatic carbocycles. The van der Waals surface area contributed by atoms with Gasteiger partial charge in [0.15, 0.2) is 0 Å². The number of nitrogens with one attached hydrogen (secondary N) is 1. The van der Waals surface area contributed by atoms with Crippen LogP contribution in [0, 0.1) is 18.8 Å². The van der Waals surface area contributed by atoms with Crippen LogP contribution in [0.15, 0.2) is 10.5 Å². The highest BCUT2D eigenvalue weighted by Gasteiger charge is 2.33. The Morgan fingerprint density at radius 3 is 2.82 bits per heavy atom. The molecule has 17 heavy (non-hydrogen) atoms. The summed E-state index contributed by atoms with van der Waals surface area (Å²) < 4.78 is 5.85. The van der Waals surface area contributed by atoms with Crippen molar-refractivity contribution < 1.29 is 4.42 Å². The zero-order valence-corrected chi connectivity index (χ0v) is 11.4. The van der Waals surface area contributed by atoms with Gasteiger partial charge in [-0.2, -0.15) is 0 Å². The van der Waals surface area contributed by atoms with Crippen LogP contribution in [0.5, 0.6) is 0 Å². The molecule has 3 heteroatoms. The van der Waals surface area contributed by atoms with Gasteiger partial charge in [0, 0.05) is 6.54 Å². The second-order valence-electron chi connectivity index (χ2n) is 5.52. The minimum Gasteiger partial charge on any atom is -0.463 e. The summed E-state index contributed by atoms with van der Waals surface area (Å²) in [6.07, 6.45) is 1.40. The molecule has 1 fully saturated rings. The molecule has 2 unspecified atom stereocenters. The summed E-state index contributed by atoms with van der Waals surface area (Å²) in [6.45, 7) is 7.38. The lowest BCUT2D eigenvalue weighted by molar-refractivity contribution is 0.276. The van der Waals surface area contributed by atoms with Gasteiger partial charge in [-0.3, -0.25) is 4.90 Å². The molecule has 96 valence electrons. The van der Waals surface area contributed by atoms with E-state index in [1.165, 1.54) is 18.5 Å². The Bertz CT molecular complexity index is 372. The molecule has 1 heterocycles. The molecule has 0 aromatic carbocycles. The molecule has 0 radical (unpaired) electrons. The number of hydrogen-bond acceptors (Lipinski definition) is 3. The van der Waals surface area contributed by atoms with Crippen molar-refractivity contribution in [1.82, 2.24) is 10.2 Å². The van der Waals surface area contributed by atoms with Crippen molar-refractivity contribution in [1.29, 1.82) is 0 Å². The first-order chi connectivity index (χ1) is 8.10. The van der Waals surface area contributed by atoms with Gasteiger partial charge >= 0.3 is 0 Å². The summed E-state index contributed by atoms with van der Waals surface area (Å²) in [4.78, 5) is 2.37. The van der Waals surface area contributed by atoms with Crippen molar-refractivity contribution in [2.75, 3.05) is 20.6 Å². The van der Waals surface area contributed by atoms with Gasteiger partial charge < -0.3 is 9.73 Å². The normalized spacial score (nSPS) is 23.4. The molecule has 0 bridgehead atoms. The highest BCUT2D eigenvalue weighted by molar-refractivity contribution is 5.19. The van der Waals surface area contributed by atoms with Crippen molar-refractivity contribution in [3.05, 3.63) is 23.2 Å². The Morgan fingerprint density at radius 1 is 1.53 bits per heavy atom. The zero-order valence-electron chi connectivity index (χ0n) is 11.4. The third-order valence-electron chi connectivity index (χ3n) is 3.66. The van der Waals surface area contributed by atoms with Gasteiger partial charge in [0.05, 0.1) is 13.1 Å². The van der Waals surface area contributed by atoms with Crippen molar-refractivity contribution in [3.63, 3.8) is 0 Å². The zero-order chi connectivity index (χ0) is 12.4. The van der Waals surface area contributed by atoms with E-state index in [0.717, 1.165) is 36.4 Å². The van der Waals surface area contributed by atoms with Crippen molar-refractivity contribution in [2.45, 2.75) is 33.4 Å². The molecular formula is C14H24N2O. The molecule has 1 saturated carbocycles. The van der Waals surface area contributed by atoms with Gasteiger partial charge in [-0.1, -0.05) is 6.92 Å². The van der Waals surface area contributed by atoms with Crippen LogP contribution in [-0.4, -0.2) is 25.5 Å². The van der Waals surface area contributed by atoms with Gasteiger partial charge in [0.1, 0.15) is 11.5 Å². The molecule has 2 rings (SSSR count). The smallest absolute Gasteiger partial charge is 0.120 e. The lowest BCUT2D eigenvalue weighted by Crippen LogP contribution is -2.20.